The summed E-state index contributed by atoms with van der Waals surface area (Å²) in [5.74, 6) is 0.676. The van der Waals surface area contributed by atoms with Gasteiger partial charge in [-0.3, -0.25) is 9.48 Å². The van der Waals surface area contributed by atoms with Gasteiger partial charge in [0.25, 0.3) is 5.91 Å². The summed E-state index contributed by atoms with van der Waals surface area (Å²) in [6.45, 7) is 4.58. The van der Waals surface area contributed by atoms with E-state index in [2.05, 4.69) is 10.4 Å². The molecule has 3 N–H and O–H groups in total. The van der Waals surface area contributed by atoms with Crippen LogP contribution in [0.25, 0.3) is 0 Å². The Kier molecular flexibility index (Phi) is 4.25. The van der Waals surface area contributed by atoms with Crippen molar-refractivity contribution in [2.75, 3.05) is 32.0 Å². The second-order valence-corrected chi connectivity index (χ2v) is 7.84. The predicted octanol–water partition coefficient (Wildman–Crippen LogP) is 1.15. The molecule has 28 heavy (non-hydrogen) atoms. The summed E-state index contributed by atoms with van der Waals surface area (Å²) in [5.41, 5.74) is 8.75. The third kappa shape index (κ3) is 3.12. The van der Waals surface area contributed by atoms with Crippen molar-refractivity contribution in [3.8, 4) is 5.75 Å². The van der Waals surface area contributed by atoms with Gasteiger partial charge in [-0.05, 0) is 38.1 Å². The van der Waals surface area contributed by atoms with Crippen molar-refractivity contribution < 1.29 is 14.3 Å². The quantitative estimate of drug-likeness (QED) is 0.718. The smallest absolute Gasteiger partial charge is 0.274 e. The molecule has 148 valence electrons. The normalized spacial score (nSPS) is 20.8. The summed E-state index contributed by atoms with van der Waals surface area (Å²) < 4.78 is 13.9. The average molecular weight is 383 g/mol. The molecule has 0 aliphatic carbocycles. The Bertz CT molecular complexity index is 903. The Morgan fingerprint density at radius 3 is 2.96 bits per heavy atom. The molecule has 4 heterocycles. The highest BCUT2D eigenvalue weighted by molar-refractivity contribution is 5.92. The highest BCUT2D eigenvalue weighted by atomic mass is 16.5. The Labute approximate surface area is 163 Å². The van der Waals surface area contributed by atoms with Crippen LogP contribution in [0.5, 0.6) is 5.75 Å². The molecule has 1 amide bonds. The van der Waals surface area contributed by atoms with Crippen LogP contribution in [0, 0.1) is 0 Å². The van der Waals surface area contributed by atoms with Gasteiger partial charge < -0.3 is 25.4 Å². The summed E-state index contributed by atoms with van der Waals surface area (Å²) in [4.78, 5) is 14.9. The van der Waals surface area contributed by atoms with Crippen LogP contribution in [0.15, 0.2) is 24.3 Å². The van der Waals surface area contributed by atoms with E-state index in [4.69, 9.17) is 15.2 Å². The SMILES string of the molecule is Nc1ccc2c(c1)OCCN(C(=O)c1cc3n(n1)CC1(CCNCC1)OC3)C2. The molecule has 0 unspecified atom stereocenters. The van der Waals surface area contributed by atoms with Crippen molar-refractivity contribution in [2.45, 2.75) is 38.1 Å². The number of hydrogen-bond donors (Lipinski definition) is 2. The minimum Gasteiger partial charge on any atom is -0.491 e. The van der Waals surface area contributed by atoms with Gasteiger partial charge in [-0.2, -0.15) is 5.10 Å². The third-order valence-electron chi connectivity index (χ3n) is 5.92. The van der Waals surface area contributed by atoms with Gasteiger partial charge in [0.1, 0.15) is 12.4 Å². The lowest BCUT2D eigenvalue weighted by atomic mass is 9.91. The van der Waals surface area contributed by atoms with Crippen molar-refractivity contribution in [1.82, 2.24) is 20.0 Å². The van der Waals surface area contributed by atoms with Gasteiger partial charge in [0.2, 0.25) is 0 Å². The number of nitrogen functional groups attached to an aromatic ring is 1. The number of amides is 1. The first-order valence-corrected chi connectivity index (χ1v) is 9.84. The van der Waals surface area contributed by atoms with Gasteiger partial charge in [-0.1, -0.05) is 6.07 Å². The number of rotatable bonds is 1. The first kappa shape index (κ1) is 17.5. The number of nitrogens with one attached hydrogen (secondary N) is 1. The summed E-state index contributed by atoms with van der Waals surface area (Å²) in [7, 11) is 0. The lowest BCUT2D eigenvalue weighted by Gasteiger charge is -2.40. The fraction of sp³-hybridized carbons (Fsp3) is 0.500. The van der Waals surface area contributed by atoms with Crippen LogP contribution in [0.4, 0.5) is 5.69 Å². The maximum Gasteiger partial charge on any atom is 0.274 e. The molecular weight excluding hydrogens is 358 g/mol. The molecule has 5 rings (SSSR count). The molecule has 2 aromatic rings. The van der Waals surface area contributed by atoms with E-state index in [1.165, 1.54) is 0 Å². The van der Waals surface area contributed by atoms with Crippen LogP contribution in [0.1, 0.15) is 34.6 Å². The minimum absolute atomic E-state index is 0.0745. The zero-order valence-electron chi connectivity index (χ0n) is 15.8. The number of anilines is 1. The fourth-order valence-corrected chi connectivity index (χ4v) is 4.27. The Morgan fingerprint density at radius 2 is 2.11 bits per heavy atom. The van der Waals surface area contributed by atoms with Crippen molar-refractivity contribution in [2.24, 2.45) is 0 Å². The number of fused-ring (bicyclic) bond motifs is 2. The fourth-order valence-electron chi connectivity index (χ4n) is 4.27. The number of piperidine rings is 1. The lowest BCUT2D eigenvalue weighted by Crippen LogP contribution is -2.49. The first-order chi connectivity index (χ1) is 13.6. The van der Waals surface area contributed by atoms with Crippen molar-refractivity contribution >= 4 is 11.6 Å². The molecule has 1 spiro atoms. The van der Waals surface area contributed by atoms with Crippen LogP contribution >= 0.6 is 0 Å². The van der Waals surface area contributed by atoms with Crippen molar-refractivity contribution in [3.63, 3.8) is 0 Å². The molecule has 1 saturated heterocycles. The zero-order valence-corrected chi connectivity index (χ0v) is 15.8. The zero-order chi connectivity index (χ0) is 19.1. The Morgan fingerprint density at radius 1 is 1.25 bits per heavy atom. The van der Waals surface area contributed by atoms with Gasteiger partial charge in [0.15, 0.2) is 5.69 Å². The van der Waals surface area contributed by atoms with E-state index < -0.39 is 0 Å². The number of benzene rings is 1. The second kappa shape index (κ2) is 6.79. The number of carbonyl (C=O) groups excluding carboxylic acids is 1. The summed E-state index contributed by atoms with van der Waals surface area (Å²) in [6, 6.07) is 7.44. The maximum atomic E-state index is 13.1. The van der Waals surface area contributed by atoms with Gasteiger partial charge in [0, 0.05) is 23.9 Å². The predicted molar refractivity (Wildman–Crippen MR) is 103 cm³/mol. The average Bonchev–Trinajstić information content (AvgIpc) is 3.00. The van der Waals surface area contributed by atoms with E-state index in [1.54, 1.807) is 4.90 Å². The summed E-state index contributed by atoms with van der Waals surface area (Å²) in [5, 5.41) is 8.01. The highest BCUT2D eigenvalue weighted by Gasteiger charge is 2.38. The molecule has 8 nitrogen and oxygen atoms in total. The summed E-state index contributed by atoms with van der Waals surface area (Å²) >= 11 is 0. The monoisotopic (exact) mass is 383 g/mol. The molecular formula is C20H25N5O3. The summed E-state index contributed by atoms with van der Waals surface area (Å²) in [6.07, 6.45) is 1.94. The third-order valence-corrected chi connectivity index (χ3v) is 5.92. The number of hydrogen-bond acceptors (Lipinski definition) is 6. The van der Waals surface area contributed by atoms with Crippen molar-refractivity contribution in [3.05, 3.63) is 41.2 Å². The molecule has 1 fully saturated rings. The second-order valence-electron chi connectivity index (χ2n) is 7.84. The van der Waals surface area contributed by atoms with Crippen molar-refractivity contribution in [1.29, 1.82) is 0 Å². The van der Waals surface area contributed by atoms with Gasteiger partial charge >= 0.3 is 0 Å². The maximum absolute atomic E-state index is 13.1. The van der Waals surface area contributed by atoms with E-state index in [9.17, 15) is 4.79 Å². The molecule has 3 aliphatic rings. The van der Waals surface area contributed by atoms with Crippen LogP contribution in [0.2, 0.25) is 0 Å². The van der Waals surface area contributed by atoms with Gasteiger partial charge in [-0.15, -0.1) is 0 Å². The number of nitrogens with zero attached hydrogens (tertiary/aromatic N) is 3. The first-order valence-electron chi connectivity index (χ1n) is 9.84. The van der Waals surface area contributed by atoms with E-state index in [0.717, 1.165) is 42.9 Å². The molecule has 0 bridgehead atoms. The molecule has 0 radical (unpaired) electrons. The van der Waals surface area contributed by atoms with E-state index >= 15 is 0 Å². The van der Waals surface area contributed by atoms with Crippen LogP contribution in [-0.4, -0.2) is 52.4 Å². The highest BCUT2D eigenvalue weighted by Crippen LogP contribution is 2.31. The topological polar surface area (TPSA) is 94.6 Å². The van der Waals surface area contributed by atoms with Gasteiger partial charge in [-0.25, -0.2) is 0 Å². The number of nitrogens with two attached hydrogens (primary N) is 1. The van der Waals surface area contributed by atoms with Crippen LogP contribution < -0.4 is 15.8 Å². The number of carbonyl (C=O) groups is 1. The van der Waals surface area contributed by atoms with E-state index in [-0.39, 0.29) is 11.5 Å². The molecule has 0 saturated carbocycles. The van der Waals surface area contributed by atoms with E-state index in [0.29, 0.717) is 44.2 Å². The van der Waals surface area contributed by atoms with Gasteiger partial charge in [0.05, 0.1) is 31.0 Å². The molecule has 3 aliphatic heterocycles. The Hall–Kier alpha value is -2.58. The Balaban J connectivity index is 1.36. The molecule has 1 aromatic carbocycles. The lowest BCUT2D eigenvalue weighted by molar-refractivity contribution is -0.109. The van der Waals surface area contributed by atoms with E-state index in [1.807, 2.05) is 28.9 Å². The minimum atomic E-state index is -0.153. The molecule has 8 heteroatoms. The van der Waals surface area contributed by atoms with Crippen LogP contribution in [0.3, 0.4) is 0 Å². The standard InChI is InChI=1S/C20H25N5O3/c21-15-2-1-14-11-24(7-8-27-18(14)9-15)19(26)17-10-16-12-28-20(13-25(16)23-17)3-5-22-6-4-20/h1-2,9-10,22H,3-8,11-13,21H2. The van der Waals surface area contributed by atoms with Crippen LogP contribution in [-0.2, 0) is 24.4 Å². The number of aromatic nitrogens is 2. The molecule has 1 aromatic heterocycles. The largest absolute Gasteiger partial charge is 0.491 e. The number of ether oxygens (including phenoxy) is 2. The molecule has 0 atom stereocenters.